The molecule has 4 rings (SSSR count). The van der Waals surface area contributed by atoms with Gasteiger partial charge >= 0.3 is 0 Å². The van der Waals surface area contributed by atoms with Gasteiger partial charge in [0.25, 0.3) is 0 Å². The first-order valence-corrected chi connectivity index (χ1v) is 9.43. The molecule has 1 heterocycles. The van der Waals surface area contributed by atoms with Crippen molar-refractivity contribution in [2.45, 2.75) is 12.8 Å². The second-order valence-corrected chi connectivity index (χ2v) is 6.91. The Kier molecular flexibility index (Phi) is 5.31. The molecule has 0 radical (unpaired) electrons. The predicted octanol–water partition coefficient (Wildman–Crippen LogP) is 5.53. The fourth-order valence-electron chi connectivity index (χ4n) is 3.11. The molecule has 4 heteroatoms. The Balaban J connectivity index is 1.61. The molecule has 3 aromatic carbocycles. The van der Waals surface area contributed by atoms with E-state index in [2.05, 4.69) is 41.7 Å². The monoisotopic (exact) mass is 373 g/mol. The Hall–Kier alpha value is -2.91. The van der Waals surface area contributed by atoms with E-state index in [0.717, 1.165) is 35.5 Å². The molecular weight excluding hydrogens is 354 g/mol. The summed E-state index contributed by atoms with van der Waals surface area (Å²) in [6.07, 6.45) is 1.63. The van der Waals surface area contributed by atoms with Crippen LogP contribution in [0.3, 0.4) is 0 Å². The summed E-state index contributed by atoms with van der Waals surface area (Å²) in [5.41, 5.74) is 3.36. The van der Waals surface area contributed by atoms with Gasteiger partial charge in [-0.25, -0.2) is 9.97 Å². The van der Waals surface area contributed by atoms with Gasteiger partial charge in [-0.15, -0.1) is 0 Å². The van der Waals surface area contributed by atoms with E-state index in [1.807, 2.05) is 42.5 Å². The highest BCUT2D eigenvalue weighted by Gasteiger charge is 2.09. The van der Waals surface area contributed by atoms with Gasteiger partial charge in [0.2, 0.25) is 0 Å². The second kappa shape index (κ2) is 8.19. The molecule has 1 aromatic heterocycles. The molecule has 0 aliphatic rings. The molecule has 27 heavy (non-hydrogen) atoms. The van der Waals surface area contributed by atoms with Crippen molar-refractivity contribution in [3.8, 4) is 0 Å². The van der Waals surface area contributed by atoms with E-state index in [1.54, 1.807) is 0 Å². The zero-order valence-corrected chi connectivity index (χ0v) is 15.7. The number of halogens is 1. The molecule has 0 atom stereocenters. The number of hydrogen-bond donors (Lipinski definition) is 1. The number of fused-ring (bicyclic) bond motifs is 1. The number of anilines is 1. The summed E-state index contributed by atoms with van der Waals surface area (Å²) in [4.78, 5) is 9.51. The van der Waals surface area contributed by atoms with Crippen molar-refractivity contribution in [2.75, 3.05) is 11.9 Å². The number of nitrogens with one attached hydrogen (secondary N) is 1. The van der Waals surface area contributed by atoms with Gasteiger partial charge in [0, 0.05) is 23.4 Å². The van der Waals surface area contributed by atoms with E-state index < -0.39 is 0 Å². The lowest BCUT2D eigenvalue weighted by molar-refractivity contribution is 0.964. The second-order valence-electron chi connectivity index (χ2n) is 6.47. The molecule has 0 fully saturated rings. The van der Waals surface area contributed by atoms with Crippen molar-refractivity contribution < 1.29 is 0 Å². The number of rotatable bonds is 6. The molecule has 0 bridgehead atoms. The Morgan fingerprint density at radius 1 is 0.778 bits per heavy atom. The molecule has 134 valence electrons. The Labute approximate surface area is 164 Å². The fourth-order valence-corrected chi connectivity index (χ4v) is 3.28. The quantitative estimate of drug-likeness (QED) is 0.483. The van der Waals surface area contributed by atoms with E-state index in [1.165, 1.54) is 11.1 Å². The summed E-state index contributed by atoms with van der Waals surface area (Å²) < 4.78 is 0. The molecule has 0 saturated carbocycles. The zero-order chi connectivity index (χ0) is 18.5. The third kappa shape index (κ3) is 4.44. The zero-order valence-electron chi connectivity index (χ0n) is 14.9. The minimum Gasteiger partial charge on any atom is -0.369 e. The van der Waals surface area contributed by atoms with Crippen LogP contribution in [0.4, 0.5) is 5.82 Å². The third-order valence-electron chi connectivity index (χ3n) is 4.46. The summed E-state index contributed by atoms with van der Waals surface area (Å²) in [6.45, 7) is 0.809. The standard InChI is InChI=1S/C23H20ClN3/c24-19-11-12-20-21(16-19)26-22(15-18-9-5-2-6-10-18)27-23(20)25-14-13-17-7-3-1-4-8-17/h1-12,16H,13-15H2,(H,25,26,27). The summed E-state index contributed by atoms with van der Waals surface area (Å²) in [5.74, 6) is 1.65. The summed E-state index contributed by atoms with van der Waals surface area (Å²) in [7, 11) is 0. The number of benzene rings is 3. The summed E-state index contributed by atoms with van der Waals surface area (Å²) in [5, 5.41) is 5.16. The Morgan fingerprint density at radius 3 is 2.22 bits per heavy atom. The third-order valence-corrected chi connectivity index (χ3v) is 4.69. The van der Waals surface area contributed by atoms with E-state index >= 15 is 0 Å². The summed E-state index contributed by atoms with van der Waals surface area (Å²) >= 11 is 6.19. The van der Waals surface area contributed by atoms with Gasteiger partial charge in [-0.3, -0.25) is 0 Å². The van der Waals surface area contributed by atoms with Crippen LogP contribution >= 0.6 is 11.6 Å². The first kappa shape index (κ1) is 17.5. The predicted molar refractivity (Wildman–Crippen MR) is 112 cm³/mol. The molecule has 4 aromatic rings. The molecule has 0 saturated heterocycles. The normalized spacial score (nSPS) is 10.9. The first-order valence-electron chi connectivity index (χ1n) is 9.06. The SMILES string of the molecule is Clc1ccc2c(NCCc3ccccc3)nc(Cc3ccccc3)nc2c1. The van der Waals surface area contributed by atoms with Crippen LogP contribution in [0, 0.1) is 0 Å². The lowest BCUT2D eigenvalue weighted by Gasteiger charge is -2.11. The minimum atomic E-state index is 0.682. The van der Waals surface area contributed by atoms with Crippen LogP contribution in [0.5, 0.6) is 0 Å². The molecule has 0 spiro atoms. The van der Waals surface area contributed by atoms with E-state index in [4.69, 9.17) is 21.6 Å². The van der Waals surface area contributed by atoms with Crippen LogP contribution in [0.15, 0.2) is 78.9 Å². The maximum Gasteiger partial charge on any atom is 0.137 e. The van der Waals surface area contributed by atoms with Crippen LogP contribution in [-0.2, 0) is 12.8 Å². The van der Waals surface area contributed by atoms with Gasteiger partial charge in [0.15, 0.2) is 0 Å². The molecule has 0 unspecified atom stereocenters. The molecule has 0 aliphatic heterocycles. The lowest BCUT2D eigenvalue weighted by atomic mass is 10.1. The Morgan fingerprint density at radius 2 is 1.48 bits per heavy atom. The van der Waals surface area contributed by atoms with Crippen molar-refractivity contribution in [3.63, 3.8) is 0 Å². The van der Waals surface area contributed by atoms with Crippen LogP contribution in [0.1, 0.15) is 17.0 Å². The van der Waals surface area contributed by atoms with Crippen molar-refractivity contribution >= 4 is 28.3 Å². The maximum atomic E-state index is 6.19. The van der Waals surface area contributed by atoms with Gasteiger partial charge in [0.1, 0.15) is 11.6 Å². The molecule has 3 nitrogen and oxygen atoms in total. The van der Waals surface area contributed by atoms with Crippen molar-refractivity contribution in [1.29, 1.82) is 0 Å². The maximum absolute atomic E-state index is 6.19. The van der Waals surface area contributed by atoms with Gasteiger partial charge in [-0.05, 0) is 35.7 Å². The van der Waals surface area contributed by atoms with Crippen molar-refractivity contribution in [1.82, 2.24) is 9.97 Å². The van der Waals surface area contributed by atoms with E-state index in [9.17, 15) is 0 Å². The highest BCUT2D eigenvalue weighted by atomic mass is 35.5. The smallest absolute Gasteiger partial charge is 0.137 e. The van der Waals surface area contributed by atoms with Gasteiger partial charge in [-0.1, -0.05) is 72.3 Å². The van der Waals surface area contributed by atoms with Crippen molar-refractivity contribution in [3.05, 3.63) is 101 Å². The highest BCUT2D eigenvalue weighted by Crippen LogP contribution is 2.24. The Bertz CT molecular complexity index is 1030. The number of nitrogens with zero attached hydrogens (tertiary/aromatic N) is 2. The van der Waals surface area contributed by atoms with Gasteiger partial charge in [-0.2, -0.15) is 0 Å². The summed E-state index contributed by atoms with van der Waals surface area (Å²) in [6, 6.07) is 26.5. The first-order chi connectivity index (χ1) is 13.3. The average Bonchev–Trinajstić information content (AvgIpc) is 2.69. The molecular formula is C23H20ClN3. The average molecular weight is 374 g/mol. The molecule has 0 aliphatic carbocycles. The lowest BCUT2D eigenvalue weighted by Crippen LogP contribution is -2.09. The van der Waals surface area contributed by atoms with E-state index in [-0.39, 0.29) is 0 Å². The topological polar surface area (TPSA) is 37.8 Å². The largest absolute Gasteiger partial charge is 0.369 e. The number of hydrogen-bond acceptors (Lipinski definition) is 3. The van der Waals surface area contributed by atoms with Crippen LogP contribution in [-0.4, -0.2) is 16.5 Å². The number of aromatic nitrogens is 2. The molecule has 0 amide bonds. The highest BCUT2D eigenvalue weighted by molar-refractivity contribution is 6.31. The van der Waals surface area contributed by atoms with Crippen LogP contribution < -0.4 is 5.32 Å². The van der Waals surface area contributed by atoms with Crippen LogP contribution in [0.2, 0.25) is 5.02 Å². The molecule has 1 N–H and O–H groups in total. The van der Waals surface area contributed by atoms with Crippen LogP contribution in [0.25, 0.3) is 10.9 Å². The van der Waals surface area contributed by atoms with E-state index in [0.29, 0.717) is 11.4 Å². The van der Waals surface area contributed by atoms with Gasteiger partial charge < -0.3 is 5.32 Å². The fraction of sp³-hybridized carbons (Fsp3) is 0.130. The van der Waals surface area contributed by atoms with Crippen molar-refractivity contribution in [2.24, 2.45) is 0 Å². The van der Waals surface area contributed by atoms with Gasteiger partial charge in [0.05, 0.1) is 5.52 Å². The minimum absolute atomic E-state index is 0.682.